The highest BCUT2D eigenvalue weighted by Gasteiger charge is 2.11. The van der Waals surface area contributed by atoms with Crippen molar-refractivity contribution in [2.75, 3.05) is 13.7 Å². The van der Waals surface area contributed by atoms with Crippen LogP contribution in [-0.4, -0.2) is 29.9 Å². The largest absolute Gasteiger partial charge is 0.393 e. The van der Waals surface area contributed by atoms with E-state index in [9.17, 15) is 5.11 Å². The van der Waals surface area contributed by atoms with E-state index in [-0.39, 0.29) is 6.10 Å². The molecule has 1 aromatic heterocycles. The molecular weight excluding hydrogens is 198 g/mol. The molecule has 0 aromatic carbocycles. The van der Waals surface area contributed by atoms with Gasteiger partial charge in [0.15, 0.2) is 0 Å². The normalized spacial score (nSPS) is 15.4. The fraction of sp³-hybridized carbons (Fsp3) is 0.700. The average Bonchev–Trinajstić information content (AvgIpc) is 2.56. The van der Waals surface area contributed by atoms with E-state index in [0.29, 0.717) is 18.9 Å². The first-order valence-electron chi connectivity index (χ1n) is 4.77. The van der Waals surface area contributed by atoms with Crippen molar-refractivity contribution in [3.05, 3.63) is 16.6 Å². The van der Waals surface area contributed by atoms with E-state index in [1.807, 2.05) is 5.38 Å². The predicted octanol–water partition coefficient (Wildman–Crippen LogP) is 1.72. The first kappa shape index (κ1) is 11.6. The second kappa shape index (κ2) is 6.11. The van der Waals surface area contributed by atoms with Crippen LogP contribution in [0.4, 0.5) is 0 Å². The van der Waals surface area contributed by atoms with E-state index in [2.05, 4.69) is 11.9 Å². The lowest BCUT2D eigenvalue weighted by Crippen LogP contribution is -2.17. The number of methoxy groups -OCH3 is 1. The number of ether oxygens (including phenoxy) is 1. The average molecular weight is 215 g/mol. The molecule has 4 heteroatoms. The van der Waals surface area contributed by atoms with Gasteiger partial charge in [-0.25, -0.2) is 4.98 Å². The zero-order valence-electron chi connectivity index (χ0n) is 8.64. The first-order chi connectivity index (χ1) is 6.72. The van der Waals surface area contributed by atoms with Crippen LogP contribution in [-0.2, 0) is 11.2 Å². The number of rotatable bonds is 6. The minimum absolute atomic E-state index is 0.300. The lowest BCUT2D eigenvalue weighted by molar-refractivity contribution is 0.102. The van der Waals surface area contributed by atoms with Gasteiger partial charge in [-0.05, 0) is 12.3 Å². The molecule has 0 aliphatic rings. The van der Waals surface area contributed by atoms with Gasteiger partial charge in [0.2, 0.25) is 0 Å². The van der Waals surface area contributed by atoms with Crippen molar-refractivity contribution < 1.29 is 9.84 Å². The van der Waals surface area contributed by atoms with Gasteiger partial charge in [0.05, 0.1) is 11.1 Å². The van der Waals surface area contributed by atoms with Crippen LogP contribution in [0.1, 0.15) is 18.4 Å². The molecule has 0 spiro atoms. The summed E-state index contributed by atoms with van der Waals surface area (Å²) in [5.41, 5.74) is 0. The number of aromatic nitrogens is 1. The molecule has 80 valence electrons. The maximum absolute atomic E-state index is 9.73. The Bertz CT molecular complexity index is 238. The lowest BCUT2D eigenvalue weighted by Gasteiger charge is -2.14. The van der Waals surface area contributed by atoms with Gasteiger partial charge in [-0.1, -0.05) is 6.92 Å². The maximum Gasteiger partial charge on any atom is 0.0950 e. The minimum atomic E-state index is -0.300. The molecule has 0 radical (unpaired) electrons. The van der Waals surface area contributed by atoms with Crippen molar-refractivity contribution in [1.82, 2.24) is 4.98 Å². The number of hydrogen-bond acceptors (Lipinski definition) is 4. The van der Waals surface area contributed by atoms with E-state index in [1.165, 1.54) is 0 Å². The van der Waals surface area contributed by atoms with Crippen molar-refractivity contribution in [3.8, 4) is 0 Å². The van der Waals surface area contributed by atoms with Crippen LogP contribution in [0.2, 0.25) is 0 Å². The van der Waals surface area contributed by atoms with Crippen LogP contribution in [0.3, 0.4) is 0 Å². The number of aliphatic hydroxyl groups excluding tert-OH is 1. The smallest absolute Gasteiger partial charge is 0.0950 e. The summed E-state index contributed by atoms with van der Waals surface area (Å²) < 4.78 is 5.02. The van der Waals surface area contributed by atoms with Crippen LogP contribution >= 0.6 is 11.3 Å². The van der Waals surface area contributed by atoms with Gasteiger partial charge in [-0.15, -0.1) is 11.3 Å². The summed E-state index contributed by atoms with van der Waals surface area (Å²) in [6.07, 6.45) is 2.90. The molecule has 3 nitrogen and oxygen atoms in total. The number of aliphatic hydroxyl groups is 1. The summed E-state index contributed by atoms with van der Waals surface area (Å²) in [4.78, 5) is 4.14. The van der Waals surface area contributed by atoms with E-state index >= 15 is 0 Å². The Morgan fingerprint density at radius 1 is 1.64 bits per heavy atom. The molecule has 1 aromatic rings. The molecule has 1 rings (SSSR count). The Kier molecular flexibility index (Phi) is 5.07. The zero-order valence-corrected chi connectivity index (χ0v) is 9.46. The number of hydrogen-bond donors (Lipinski definition) is 1. The quantitative estimate of drug-likeness (QED) is 0.785. The van der Waals surface area contributed by atoms with Crippen LogP contribution in [0, 0.1) is 5.92 Å². The summed E-state index contributed by atoms with van der Waals surface area (Å²) in [5, 5.41) is 12.7. The molecule has 0 bridgehead atoms. The highest BCUT2D eigenvalue weighted by atomic mass is 32.1. The SMILES string of the molecule is COCC(C)CC(O)Cc1nccs1. The summed E-state index contributed by atoms with van der Waals surface area (Å²) in [6, 6.07) is 0. The molecule has 14 heavy (non-hydrogen) atoms. The topological polar surface area (TPSA) is 42.4 Å². The van der Waals surface area contributed by atoms with Gasteiger partial charge in [0.25, 0.3) is 0 Å². The minimum Gasteiger partial charge on any atom is -0.393 e. The molecule has 1 heterocycles. The fourth-order valence-corrected chi connectivity index (χ4v) is 2.14. The van der Waals surface area contributed by atoms with E-state index < -0.39 is 0 Å². The van der Waals surface area contributed by atoms with Gasteiger partial charge < -0.3 is 9.84 Å². The predicted molar refractivity (Wildman–Crippen MR) is 57.5 cm³/mol. The van der Waals surface area contributed by atoms with Gasteiger partial charge in [0, 0.05) is 31.7 Å². The fourth-order valence-electron chi connectivity index (χ4n) is 1.46. The van der Waals surface area contributed by atoms with Crippen LogP contribution in [0.15, 0.2) is 11.6 Å². The third-order valence-corrected chi connectivity index (χ3v) is 2.82. The van der Waals surface area contributed by atoms with Crippen LogP contribution in [0.25, 0.3) is 0 Å². The Morgan fingerprint density at radius 2 is 2.43 bits per heavy atom. The van der Waals surface area contributed by atoms with Crippen LogP contribution < -0.4 is 0 Å². The molecule has 0 saturated carbocycles. The highest BCUT2D eigenvalue weighted by Crippen LogP contribution is 2.13. The summed E-state index contributed by atoms with van der Waals surface area (Å²) in [5.74, 6) is 0.398. The lowest BCUT2D eigenvalue weighted by atomic mass is 10.0. The molecule has 0 amide bonds. The van der Waals surface area contributed by atoms with E-state index in [4.69, 9.17) is 4.74 Å². The van der Waals surface area contributed by atoms with Crippen molar-refractivity contribution in [2.45, 2.75) is 25.9 Å². The van der Waals surface area contributed by atoms with E-state index in [0.717, 1.165) is 11.4 Å². The van der Waals surface area contributed by atoms with Gasteiger partial charge in [-0.3, -0.25) is 0 Å². The molecule has 0 aliphatic heterocycles. The molecule has 2 unspecified atom stereocenters. The molecular formula is C10H17NO2S. The third kappa shape index (κ3) is 4.17. The monoisotopic (exact) mass is 215 g/mol. The molecule has 2 atom stereocenters. The van der Waals surface area contributed by atoms with E-state index in [1.54, 1.807) is 24.6 Å². The second-order valence-corrected chi connectivity index (χ2v) is 4.56. The standard InChI is InChI=1S/C10H17NO2S/c1-8(7-13-2)5-9(12)6-10-11-3-4-14-10/h3-4,8-9,12H,5-7H2,1-2H3. The summed E-state index contributed by atoms with van der Waals surface area (Å²) in [7, 11) is 1.68. The number of thiazole rings is 1. The van der Waals surface area contributed by atoms with Gasteiger partial charge >= 0.3 is 0 Å². The molecule has 0 aliphatic carbocycles. The molecule has 0 fully saturated rings. The zero-order chi connectivity index (χ0) is 10.4. The van der Waals surface area contributed by atoms with Gasteiger partial charge in [0.1, 0.15) is 0 Å². The molecule has 0 saturated heterocycles. The van der Waals surface area contributed by atoms with Gasteiger partial charge in [-0.2, -0.15) is 0 Å². The second-order valence-electron chi connectivity index (χ2n) is 3.58. The third-order valence-electron chi connectivity index (χ3n) is 2.02. The Labute approximate surface area is 88.8 Å². The summed E-state index contributed by atoms with van der Waals surface area (Å²) >= 11 is 1.59. The van der Waals surface area contributed by atoms with Crippen molar-refractivity contribution in [2.24, 2.45) is 5.92 Å². The highest BCUT2D eigenvalue weighted by molar-refractivity contribution is 7.09. The maximum atomic E-state index is 9.73. The Balaban J connectivity index is 2.25. The van der Waals surface area contributed by atoms with Crippen molar-refractivity contribution in [1.29, 1.82) is 0 Å². The Hall–Kier alpha value is -0.450. The number of nitrogens with zero attached hydrogens (tertiary/aromatic N) is 1. The van der Waals surface area contributed by atoms with Crippen molar-refractivity contribution >= 4 is 11.3 Å². The Morgan fingerprint density at radius 3 is 3.00 bits per heavy atom. The first-order valence-corrected chi connectivity index (χ1v) is 5.65. The molecule has 1 N–H and O–H groups in total. The van der Waals surface area contributed by atoms with Crippen molar-refractivity contribution in [3.63, 3.8) is 0 Å². The van der Waals surface area contributed by atoms with Crippen LogP contribution in [0.5, 0.6) is 0 Å². The summed E-state index contributed by atoms with van der Waals surface area (Å²) in [6.45, 7) is 2.78.